The van der Waals surface area contributed by atoms with E-state index in [9.17, 15) is 4.79 Å². The number of amides is 1. The second-order valence-corrected chi connectivity index (χ2v) is 6.81. The molecule has 3 nitrogen and oxygen atoms in total. The summed E-state index contributed by atoms with van der Waals surface area (Å²) in [5, 5.41) is 5.94. The first-order valence-corrected chi connectivity index (χ1v) is 9.22. The number of benzene rings is 2. The van der Waals surface area contributed by atoms with Crippen LogP contribution in [0.4, 0.5) is 0 Å². The zero-order valence-corrected chi connectivity index (χ0v) is 15.9. The summed E-state index contributed by atoms with van der Waals surface area (Å²) in [6.45, 7) is 6.12. The predicted molar refractivity (Wildman–Crippen MR) is 107 cm³/mol. The van der Waals surface area contributed by atoms with Crippen LogP contribution < -0.4 is 5.32 Å². The molecule has 1 amide bonds. The van der Waals surface area contributed by atoms with Gasteiger partial charge in [-0.25, -0.2) is 0 Å². The minimum atomic E-state index is 0. The number of nitrogens with zero attached hydrogens (tertiary/aromatic N) is 1. The van der Waals surface area contributed by atoms with Gasteiger partial charge in [0.05, 0.1) is 0 Å². The molecule has 1 saturated heterocycles. The molecule has 25 heavy (non-hydrogen) atoms. The highest BCUT2D eigenvalue weighted by Gasteiger charge is 2.22. The molecule has 3 rings (SSSR count). The number of piperidine rings is 1. The zero-order valence-electron chi connectivity index (χ0n) is 15.0. The Hall–Kier alpha value is -1.58. The van der Waals surface area contributed by atoms with Crippen LogP contribution in [0.2, 0.25) is 0 Å². The average Bonchev–Trinajstić information content (AvgIpc) is 2.64. The third-order valence-corrected chi connectivity index (χ3v) is 5.09. The van der Waals surface area contributed by atoms with Crippen LogP contribution in [0.15, 0.2) is 42.5 Å². The predicted octanol–water partition coefficient (Wildman–Crippen LogP) is 4.04. The molecule has 4 heteroatoms. The maximum absolute atomic E-state index is 12.5. The molecule has 0 aliphatic carbocycles. The SMILES string of the molecule is CCNCC1CCN(C(=O)CCc2ccc3ccccc3c2)CC1.Cl. The molecule has 1 aliphatic heterocycles. The van der Waals surface area contributed by atoms with E-state index in [1.807, 2.05) is 0 Å². The molecule has 0 saturated carbocycles. The Morgan fingerprint density at radius 2 is 1.84 bits per heavy atom. The number of rotatable bonds is 6. The van der Waals surface area contributed by atoms with Crippen molar-refractivity contribution in [1.29, 1.82) is 0 Å². The monoisotopic (exact) mass is 360 g/mol. The topological polar surface area (TPSA) is 32.3 Å². The van der Waals surface area contributed by atoms with Crippen LogP contribution in [0.25, 0.3) is 10.8 Å². The van der Waals surface area contributed by atoms with Crippen molar-refractivity contribution >= 4 is 29.1 Å². The minimum Gasteiger partial charge on any atom is -0.343 e. The summed E-state index contributed by atoms with van der Waals surface area (Å²) < 4.78 is 0. The molecule has 0 spiro atoms. The summed E-state index contributed by atoms with van der Waals surface area (Å²) in [5.74, 6) is 1.04. The van der Waals surface area contributed by atoms with Crippen LogP contribution in [-0.4, -0.2) is 37.0 Å². The van der Waals surface area contributed by atoms with Gasteiger partial charge in [-0.05, 0) is 54.6 Å². The fraction of sp³-hybridized carbons (Fsp3) is 0.476. The van der Waals surface area contributed by atoms with Crippen LogP contribution in [0, 0.1) is 5.92 Å². The number of carbonyl (C=O) groups is 1. The molecule has 1 N–H and O–H groups in total. The lowest BCUT2D eigenvalue weighted by Gasteiger charge is -2.32. The van der Waals surface area contributed by atoms with Crippen LogP contribution in [0.1, 0.15) is 31.7 Å². The molecule has 0 aromatic heterocycles. The lowest BCUT2D eigenvalue weighted by Crippen LogP contribution is -2.40. The van der Waals surface area contributed by atoms with E-state index in [1.54, 1.807) is 0 Å². The maximum Gasteiger partial charge on any atom is 0.222 e. The van der Waals surface area contributed by atoms with Crippen molar-refractivity contribution in [3.63, 3.8) is 0 Å². The molecular formula is C21H29ClN2O. The zero-order chi connectivity index (χ0) is 16.8. The smallest absolute Gasteiger partial charge is 0.222 e. The largest absolute Gasteiger partial charge is 0.343 e. The van der Waals surface area contributed by atoms with Crippen molar-refractivity contribution < 1.29 is 4.79 Å². The number of hydrogen-bond acceptors (Lipinski definition) is 2. The molecule has 2 aromatic carbocycles. The first kappa shape index (κ1) is 19.7. The van der Waals surface area contributed by atoms with Gasteiger partial charge in [-0.15, -0.1) is 12.4 Å². The second-order valence-electron chi connectivity index (χ2n) is 6.81. The van der Waals surface area contributed by atoms with Gasteiger partial charge >= 0.3 is 0 Å². The van der Waals surface area contributed by atoms with E-state index in [1.165, 1.54) is 16.3 Å². The molecule has 1 fully saturated rings. The number of halogens is 1. The van der Waals surface area contributed by atoms with Gasteiger partial charge in [-0.1, -0.05) is 49.4 Å². The number of nitrogens with one attached hydrogen (secondary N) is 1. The van der Waals surface area contributed by atoms with E-state index in [-0.39, 0.29) is 12.4 Å². The summed E-state index contributed by atoms with van der Waals surface area (Å²) in [6, 6.07) is 14.9. The van der Waals surface area contributed by atoms with Gasteiger partial charge in [0.25, 0.3) is 0 Å². The van der Waals surface area contributed by atoms with E-state index in [0.717, 1.165) is 51.4 Å². The summed E-state index contributed by atoms with van der Waals surface area (Å²) in [6.07, 6.45) is 3.72. The van der Waals surface area contributed by atoms with Crippen LogP contribution >= 0.6 is 12.4 Å². The Morgan fingerprint density at radius 3 is 2.56 bits per heavy atom. The Balaban J connectivity index is 0.00000225. The van der Waals surface area contributed by atoms with Crippen molar-refractivity contribution in [3.05, 3.63) is 48.0 Å². The van der Waals surface area contributed by atoms with Gasteiger partial charge in [0.2, 0.25) is 5.91 Å². The van der Waals surface area contributed by atoms with Crippen LogP contribution in [0.3, 0.4) is 0 Å². The Morgan fingerprint density at radius 1 is 1.12 bits per heavy atom. The number of likely N-dealkylation sites (tertiary alicyclic amines) is 1. The van der Waals surface area contributed by atoms with Crippen molar-refractivity contribution in [3.8, 4) is 0 Å². The lowest BCUT2D eigenvalue weighted by molar-refractivity contribution is -0.132. The number of aryl methyl sites for hydroxylation is 1. The fourth-order valence-corrected chi connectivity index (χ4v) is 3.54. The van der Waals surface area contributed by atoms with Crippen LogP contribution in [-0.2, 0) is 11.2 Å². The average molecular weight is 361 g/mol. The molecule has 0 unspecified atom stereocenters. The Bertz CT molecular complexity index is 680. The third kappa shape index (κ3) is 5.45. The molecule has 2 aromatic rings. The van der Waals surface area contributed by atoms with E-state index >= 15 is 0 Å². The highest BCUT2D eigenvalue weighted by atomic mass is 35.5. The lowest BCUT2D eigenvalue weighted by atomic mass is 9.96. The van der Waals surface area contributed by atoms with E-state index < -0.39 is 0 Å². The highest BCUT2D eigenvalue weighted by Crippen LogP contribution is 2.19. The quantitative estimate of drug-likeness (QED) is 0.843. The summed E-state index contributed by atoms with van der Waals surface area (Å²) in [7, 11) is 0. The number of hydrogen-bond donors (Lipinski definition) is 1. The molecule has 1 heterocycles. The van der Waals surface area contributed by atoms with Crippen molar-refractivity contribution in [2.75, 3.05) is 26.2 Å². The number of fused-ring (bicyclic) bond motifs is 1. The van der Waals surface area contributed by atoms with E-state index in [2.05, 4.69) is 59.6 Å². The summed E-state index contributed by atoms with van der Waals surface area (Å²) >= 11 is 0. The first-order chi connectivity index (χ1) is 11.8. The maximum atomic E-state index is 12.5. The van der Waals surface area contributed by atoms with Gasteiger partial charge in [0, 0.05) is 19.5 Å². The minimum absolute atomic E-state index is 0. The fourth-order valence-electron chi connectivity index (χ4n) is 3.54. The second kappa shape index (κ2) is 9.79. The van der Waals surface area contributed by atoms with Gasteiger partial charge < -0.3 is 10.2 Å². The first-order valence-electron chi connectivity index (χ1n) is 9.22. The van der Waals surface area contributed by atoms with Gasteiger partial charge in [-0.2, -0.15) is 0 Å². The standard InChI is InChI=1S/C21H28N2O.ClH/c1-2-22-16-18-11-13-23(14-12-18)21(24)10-8-17-7-9-19-5-3-4-6-20(19)15-17;/h3-7,9,15,18,22H,2,8,10-14,16H2,1H3;1H. The normalized spacial score (nSPS) is 15.2. The third-order valence-electron chi connectivity index (χ3n) is 5.09. The van der Waals surface area contributed by atoms with Crippen molar-refractivity contribution in [2.24, 2.45) is 5.92 Å². The molecule has 0 bridgehead atoms. The van der Waals surface area contributed by atoms with Crippen LogP contribution in [0.5, 0.6) is 0 Å². The van der Waals surface area contributed by atoms with Crippen molar-refractivity contribution in [2.45, 2.75) is 32.6 Å². The molecule has 0 atom stereocenters. The molecule has 0 radical (unpaired) electrons. The molecule has 1 aliphatic rings. The Labute approximate surface area is 157 Å². The van der Waals surface area contributed by atoms with Gasteiger partial charge in [0.1, 0.15) is 0 Å². The van der Waals surface area contributed by atoms with Gasteiger partial charge in [0.15, 0.2) is 0 Å². The Kier molecular flexibility index (Phi) is 7.73. The summed E-state index contributed by atoms with van der Waals surface area (Å²) in [5.41, 5.74) is 1.25. The highest BCUT2D eigenvalue weighted by molar-refractivity contribution is 5.85. The van der Waals surface area contributed by atoms with E-state index in [4.69, 9.17) is 0 Å². The van der Waals surface area contributed by atoms with E-state index in [0.29, 0.717) is 12.3 Å². The van der Waals surface area contributed by atoms with Gasteiger partial charge in [-0.3, -0.25) is 4.79 Å². The summed E-state index contributed by atoms with van der Waals surface area (Å²) in [4.78, 5) is 14.5. The number of carbonyl (C=O) groups excluding carboxylic acids is 1. The molecular weight excluding hydrogens is 332 g/mol. The molecule has 136 valence electrons. The van der Waals surface area contributed by atoms with Crippen molar-refractivity contribution in [1.82, 2.24) is 10.2 Å².